The first kappa shape index (κ1) is 6.47. The fourth-order valence-electron chi connectivity index (χ4n) is 3.29. The van der Waals surface area contributed by atoms with Crippen molar-refractivity contribution < 1.29 is 4.74 Å². The van der Waals surface area contributed by atoms with Crippen molar-refractivity contribution in [2.24, 2.45) is 17.3 Å². The fourth-order valence-corrected chi connectivity index (χ4v) is 3.29. The van der Waals surface area contributed by atoms with E-state index in [4.69, 9.17) is 4.74 Å². The molecule has 1 aliphatic heterocycles. The number of ether oxygens (including phenoxy) is 1. The van der Waals surface area contributed by atoms with Crippen molar-refractivity contribution >= 4 is 0 Å². The lowest BCUT2D eigenvalue weighted by Crippen LogP contribution is -2.11. The summed E-state index contributed by atoms with van der Waals surface area (Å²) in [5.41, 5.74) is 1.15. The van der Waals surface area contributed by atoms with Gasteiger partial charge in [-0.15, -0.1) is 0 Å². The Kier molecular flexibility index (Phi) is 0.893. The summed E-state index contributed by atoms with van der Waals surface area (Å²) in [7, 11) is 0. The molecule has 62 valence electrons. The summed E-state index contributed by atoms with van der Waals surface area (Å²) in [5.74, 6) is 1.84. The van der Waals surface area contributed by atoms with Crippen LogP contribution in [-0.2, 0) is 4.74 Å². The van der Waals surface area contributed by atoms with Gasteiger partial charge in [0.1, 0.15) is 0 Å². The Labute approximate surface area is 68.1 Å². The van der Waals surface area contributed by atoms with E-state index in [9.17, 15) is 0 Å². The number of hydrogen-bond donors (Lipinski definition) is 0. The second-order valence-electron chi connectivity index (χ2n) is 5.00. The van der Waals surface area contributed by atoms with Gasteiger partial charge in [-0.2, -0.15) is 0 Å². The van der Waals surface area contributed by atoms with Crippen LogP contribution in [0.1, 0.15) is 33.1 Å². The molecule has 0 aromatic carbocycles. The molecule has 1 nitrogen and oxygen atoms in total. The summed E-state index contributed by atoms with van der Waals surface area (Å²) in [4.78, 5) is 0. The van der Waals surface area contributed by atoms with E-state index >= 15 is 0 Å². The van der Waals surface area contributed by atoms with Crippen molar-refractivity contribution in [3.8, 4) is 0 Å². The molecular weight excluding hydrogens is 136 g/mol. The molecule has 3 fully saturated rings. The van der Waals surface area contributed by atoms with E-state index in [2.05, 4.69) is 13.8 Å². The molecule has 1 saturated heterocycles. The van der Waals surface area contributed by atoms with Gasteiger partial charge in [-0.3, -0.25) is 0 Å². The average Bonchev–Trinajstić information content (AvgIpc) is 2.71. The first-order chi connectivity index (χ1) is 5.20. The fraction of sp³-hybridized carbons (Fsp3) is 1.00. The van der Waals surface area contributed by atoms with E-state index in [1.165, 1.54) is 19.3 Å². The van der Waals surface area contributed by atoms with Crippen molar-refractivity contribution in [3.05, 3.63) is 0 Å². The average molecular weight is 152 g/mol. The third-order valence-electron chi connectivity index (χ3n) is 4.43. The van der Waals surface area contributed by atoms with Crippen LogP contribution in [-0.4, -0.2) is 12.2 Å². The van der Waals surface area contributed by atoms with Gasteiger partial charge in [-0.05, 0) is 36.5 Å². The number of hydrogen-bond acceptors (Lipinski definition) is 1. The monoisotopic (exact) mass is 152 g/mol. The Bertz CT molecular complexity index is 205. The van der Waals surface area contributed by atoms with Gasteiger partial charge in [0, 0.05) is 0 Å². The summed E-state index contributed by atoms with van der Waals surface area (Å²) < 4.78 is 5.59. The molecule has 0 amide bonds. The smallest absolute Gasteiger partial charge is 0.0950 e. The van der Waals surface area contributed by atoms with Gasteiger partial charge in [0.2, 0.25) is 0 Å². The summed E-state index contributed by atoms with van der Waals surface area (Å²) in [6, 6.07) is 0. The van der Waals surface area contributed by atoms with Gasteiger partial charge in [0.15, 0.2) is 0 Å². The van der Waals surface area contributed by atoms with Gasteiger partial charge >= 0.3 is 0 Å². The van der Waals surface area contributed by atoms with Crippen molar-refractivity contribution in [3.63, 3.8) is 0 Å². The first-order valence-corrected chi connectivity index (χ1v) is 4.84. The second-order valence-corrected chi connectivity index (χ2v) is 5.00. The molecule has 0 aromatic rings. The highest BCUT2D eigenvalue weighted by molar-refractivity contribution is 5.22. The van der Waals surface area contributed by atoms with E-state index < -0.39 is 0 Å². The van der Waals surface area contributed by atoms with Crippen molar-refractivity contribution in [2.75, 3.05) is 6.61 Å². The van der Waals surface area contributed by atoms with Gasteiger partial charge < -0.3 is 4.74 Å². The third-order valence-corrected chi connectivity index (χ3v) is 4.43. The van der Waals surface area contributed by atoms with Crippen molar-refractivity contribution in [1.29, 1.82) is 0 Å². The molecule has 1 heterocycles. The number of rotatable bonds is 1. The highest BCUT2D eigenvalue weighted by atomic mass is 16.6. The van der Waals surface area contributed by atoms with Gasteiger partial charge in [0.05, 0.1) is 12.2 Å². The normalized spacial score (nSPS) is 58.6. The lowest BCUT2D eigenvalue weighted by atomic mass is 9.90. The third kappa shape index (κ3) is 0.581. The molecule has 1 spiro atoms. The molecule has 3 rings (SSSR count). The van der Waals surface area contributed by atoms with Gasteiger partial charge in [-0.25, -0.2) is 0 Å². The number of epoxide rings is 1. The van der Waals surface area contributed by atoms with E-state index in [0.29, 0.717) is 5.60 Å². The van der Waals surface area contributed by atoms with Crippen LogP contribution in [0.4, 0.5) is 0 Å². The SMILES string of the molecule is CC(C)[C@@]12CCC3(CO3)[C@@H]1C2. The Morgan fingerprint density at radius 2 is 2.09 bits per heavy atom. The van der Waals surface area contributed by atoms with Crippen LogP contribution in [0.3, 0.4) is 0 Å². The molecule has 3 aliphatic rings. The summed E-state index contributed by atoms with van der Waals surface area (Å²) in [6.45, 7) is 5.83. The Balaban J connectivity index is 1.88. The Hall–Kier alpha value is -0.0400. The number of fused-ring (bicyclic) bond motifs is 2. The molecule has 3 atom stereocenters. The first-order valence-electron chi connectivity index (χ1n) is 4.84. The Morgan fingerprint density at radius 1 is 1.36 bits per heavy atom. The molecule has 11 heavy (non-hydrogen) atoms. The van der Waals surface area contributed by atoms with Crippen molar-refractivity contribution in [2.45, 2.75) is 38.7 Å². The molecule has 0 N–H and O–H groups in total. The maximum atomic E-state index is 5.59. The predicted octanol–water partition coefficient (Wildman–Crippen LogP) is 2.21. The van der Waals surface area contributed by atoms with Crippen LogP contribution in [0.15, 0.2) is 0 Å². The maximum Gasteiger partial charge on any atom is 0.0950 e. The minimum Gasteiger partial charge on any atom is -0.369 e. The van der Waals surface area contributed by atoms with E-state index in [1.54, 1.807) is 0 Å². The summed E-state index contributed by atoms with van der Waals surface area (Å²) in [5, 5.41) is 0. The zero-order valence-corrected chi connectivity index (χ0v) is 7.39. The highest BCUT2D eigenvalue weighted by Gasteiger charge is 2.74. The highest BCUT2D eigenvalue weighted by Crippen LogP contribution is 2.75. The van der Waals surface area contributed by atoms with Gasteiger partial charge in [0.25, 0.3) is 0 Å². The van der Waals surface area contributed by atoms with E-state index in [-0.39, 0.29) is 0 Å². The second kappa shape index (κ2) is 1.52. The van der Waals surface area contributed by atoms with E-state index in [1.807, 2.05) is 0 Å². The maximum absolute atomic E-state index is 5.59. The van der Waals surface area contributed by atoms with Crippen LogP contribution in [0.25, 0.3) is 0 Å². The molecule has 0 aromatic heterocycles. The summed E-state index contributed by atoms with van der Waals surface area (Å²) >= 11 is 0. The Morgan fingerprint density at radius 3 is 2.36 bits per heavy atom. The molecule has 0 bridgehead atoms. The van der Waals surface area contributed by atoms with Crippen LogP contribution >= 0.6 is 0 Å². The van der Waals surface area contributed by atoms with Crippen LogP contribution in [0, 0.1) is 17.3 Å². The summed E-state index contributed by atoms with van der Waals surface area (Å²) in [6.07, 6.45) is 4.26. The quantitative estimate of drug-likeness (QED) is 0.525. The molecule has 1 heteroatoms. The molecule has 1 unspecified atom stereocenters. The van der Waals surface area contributed by atoms with Gasteiger partial charge in [-0.1, -0.05) is 13.8 Å². The van der Waals surface area contributed by atoms with E-state index in [0.717, 1.165) is 23.9 Å². The standard InChI is InChI=1S/C10H16O/c1-7(2)9-3-4-10(6-11-10)8(9)5-9/h7-8H,3-6H2,1-2H3/t8-,9+,10?/m1/s1. The minimum atomic E-state index is 0.421. The van der Waals surface area contributed by atoms with Crippen molar-refractivity contribution in [1.82, 2.24) is 0 Å². The van der Waals surface area contributed by atoms with Crippen LogP contribution < -0.4 is 0 Å². The molecule has 2 saturated carbocycles. The lowest BCUT2D eigenvalue weighted by Gasteiger charge is -2.15. The largest absolute Gasteiger partial charge is 0.369 e. The zero-order valence-electron chi connectivity index (χ0n) is 7.39. The predicted molar refractivity (Wildman–Crippen MR) is 43.3 cm³/mol. The minimum absolute atomic E-state index is 0.421. The lowest BCUT2D eigenvalue weighted by molar-refractivity contribution is 0.276. The topological polar surface area (TPSA) is 12.5 Å². The zero-order chi connectivity index (χ0) is 7.69. The molecule has 0 radical (unpaired) electrons. The molecular formula is C10H16O. The van der Waals surface area contributed by atoms with Crippen LogP contribution in [0.2, 0.25) is 0 Å². The van der Waals surface area contributed by atoms with Crippen LogP contribution in [0.5, 0.6) is 0 Å². The molecule has 2 aliphatic carbocycles.